The predicted molar refractivity (Wildman–Crippen MR) is 103 cm³/mol. The molecule has 0 aliphatic heterocycles. The van der Waals surface area contributed by atoms with E-state index < -0.39 is 6.10 Å². The van der Waals surface area contributed by atoms with Crippen LogP contribution >= 0.6 is 0 Å². The topological polar surface area (TPSA) is 81.4 Å². The summed E-state index contributed by atoms with van der Waals surface area (Å²) in [6.07, 6.45) is 4.43. The number of nitrogens with one attached hydrogen (secondary N) is 1. The minimum absolute atomic E-state index is 0.236. The molecule has 0 unspecified atom stereocenters. The summed E-state index contributed by atoms with van der Waals surface area (Å²) in [7, 11) is 0. The summed E-state index contributed by atoms with van der Waals surface area (Å²) in [5.41, 5.74) is 1.95. The average molecular weight is 366 g/mol. The average Bonchev–Trinajstić information content (AvgIpc) is 2.66. The molecule has 0 fully saturated rings. The smallest absolute Gasteiger partial charge is 0.336 e. The van der Waals surface area contributed by atoms with Crippen LogP contribution in [0.3, 0.4) is 0 Å². The van der Waals surface area contributed by atoms with Crippen LogP contribution in [0.2, 0.25) is 0 Å². The van der Waals surface area contributed by atoms with E-state index in [-0.39, 0.29) is 11.5 Å². The van der Waals surface area contributed by atoms with Crippen LogP contribution < -0.4 is 15.7 Å². The summed E-state index contributed by atoms with van der Waals surface area (Å²) in [4.78, 5) is 28.0. The van der Waals surface area contributed by atoms with Gasteiger partial charge in [-0.3, -0.25) is 9.78 Å². The van der Waals surface area contributed by atoms with Crippen molar-refractivity contribution in [2.75, 3.05) is 0 Å². The molecule has 3 aromatic rings. The summed E-state index contributed by atoms with van der Waals surface area (Å²) >= 11 is 0. The van der Waals surface area contributed by atoms with Gasteiger partial charge in [-0.25, -0.2) is 4.79 Å². The van der Waals surface area contributed by atoms with Crippen LogP contribution in [0.15, 0.2) is 58.0 Å². The largest absolute Gasteiger partial charge is 0.481 e. The van der Waals surface area contributed by atoms with E-state index in [1.165, 1.54) is 6.07 Å². The van der Waals surface area contributed by atoms with Crippen LogP contribution in [0, 0.1) is 0 Å². The number of nitrogens with zero attached hydrogens (tertiary/aromatic N) is 1. The summed E-state index contributed by atoms with van der Waals surface area (Å²) in [6.45, 7) is 4.11. The molecule has 1 amide bonds. The first-order valence-corrected chi connectivity index (χ1v) is 8.97. The fourth-order valence-electron chi connectivity index (χ4n) is 2.85. The Hall–Kier alpha value is -3.15. The second-order valence-corrected chi connectivity index (χ2v) is 6.34. The Morgan fingerprint density at radius 3 is 2.89 bits per heavy atom. The molecule has 140 valence electrons. The Morgan fingerprint density at radius 2 is 2.15 bits per heavy atom. The molecule has 0 saturated carbocycles. The van der Waals surface area contributed by atoms with E-state index in [2.05, 4.69) is 17.2 Å². The fourth-order valence-corrected chi connectivity index (χ4v) is 2.85. The number of rotatable bonds is 7. The molecule has 1 N–H and O–H groups in total. The number of aryl methyl sites for hydroxylation is 1. The first-order chi connectivity index (χ1) is 13.1. The highest BCUT2D eigenvalue weighted by atomic mass is 16.5. The van der Waals surface area contributed by atoms with E-state index in [1.54, 1.807) is 31.5 Å². The minimum Gasteiger partial charge on any atom is -0.481 e. The maximum Gasteiger partial charge on any atom is 0.336 e. The normalized spacial score (nSPS) is 11.9. The lowest BCUT2D eigenvalue weighted by molar-refractivity contribution is -0.127. The van der Waals surface area contributed by atoms with Crippen molar-refractivity contribution < 1.29 is 13.9 Å². The van der Waals surface area contributed by atoms with Gasteiger partial charge >= 0.3 is 5.63 Å². The van der Waals surface area contributed by atoms with Gasteiger partial charge in [-0.2, -0.15) is 0 Å². The molecule has 0 bridgehead atoms. The molecule has 6 heteroatoms. The quantitative estimate of drug-likeness (QED) is 0.649. The van der Waals surface area contributed by atoms with Crippen molar-refractivity contribution >= 4 is 16.9 Å². The van der Waals surface area contributed by atoms with E-state index in [0.717, 1.165) is 29.4 Å². The zero-order chi connectivity index (χ0) is 19.2. The molecule has 2 aromatic heterocycles. The van der Waals surface area contributed by atoms with Crippen LogP contribution in [0.4, 0.5) is 0 Å². The number of aromatic nitrogens is 1. The summed E-state index contributed by atoms with van der Waals surface area (Å²) in [6, 6.07) is 10.5. The number of ether oxygens (including phenoxy) is 1. The standard InChI is InChI=1S/C21H22N2O4/c1-3-5-16-10-20(24)27-19-11-17(7-8-18(16)19)26-14(2)21(25)23-13-15-6-4-9-22-12-15/h4,6-12,14H,3,5,13H2,1-2H3,(H,23,25)/t14-/m0/s1. The highest BCUT2D eigenvalue weighted by Crippen LogP contribution is 2.24. The maximum atomic E-state index is 12.2. The van der Waals surface area contributed by atoms with Crippen molar-refractivity contribution in [1.82, 2.24) is 10.3 Å². The van der Waals surface area contributed by atoms with E-state index in [0.29, 0.717) is 17.9 Å². The van der Waals surface area contributed by atoms with Crippen LogP contribution in [0.25, 0.3) is 11.0 Å². The van der Waals surface area contributed by atoms with Gasteiger partial charge < -0.3 is 14.5 Å². The second-order valence-electron chi connectivity index (χ2n) is 6.34. The Balaban J connectivity index is 1.70. The molecule has 2 heterocycles. The third-order valence-electron chi connectivity index (χ3n) is 4.19. The molecule has 3 rings (SSSR count). The van der Waals surface area contributed by atoms with Crippen molar-refractivity contribution in [2.45, 2.75) is 39.3 Å². The van der Waals surface area contributed by atoms with E-state index >= 15 is 0 Å². The molecule has 0 aliphatic rings. The molecule has 27 heavy (non-hydrogen) atoms. The monoisotopic (exact) mass is 366 g/mol. The Labute approximate surface area is 157 Å². The van der Waals surface area contributed by atoms with Gasteiger partial charge in [-0.1, -0.05) is 19.4 Å². The van der Waals surface area contributed by atoms with Crippen molar-refractivity contribution in [1.29, 1.82) is 0 Å². The molecule has 1 aromatic carbocycles. The van der Waals surface area contributed by atoms with Gasteiger partial charge in [0.1, 0.15) is 11.3 Å². The summed E-state index contributed by atoms with van der Waals surface area (Å²) in [5, 5.41) is 3.70. The molecule has 0 saturated heterocycles. The Kier molecular flexibility index (Phi) is 5.86. The number of hydrogen-bond acceptors (Lipinski definition) is 5. The van der Waals surface area contributed by atoms with Crippen molar-refractivity contribution in [2.24, 2.45) is 0 Å². The Morgan fingerprint density at radius 1 is 1.30 bits per heavy atom. The Bertz CT molecular complexity index is 982. The molecule has 0 spiro atoms. The number of pyridine rings is 1. The lowest BCUT2D eigenvalue weighted by atomic mass is 10.1. The van der Waals surface area contributed by atoms with Crippen LogP contribution in [0.1, 0.15) is 31.4 Å². The van der Waals surface area contributed by atoms with Gasteiger partial charge in [0.05, 0.1) is 0 Å². The minimum atomic E-state index is -0.690. The zero-order valence-electron chi connectivity index (χ0n) is 15.4. The highest BCUT2D eigenvalue weighted by molar-refractivity contribution is 5.83. The summed E-state index contributed by atoms with van der Waals surface area (Å²) < 4.78 is 11.0. The lowest BCUT2D eigenvalue weighted by Crippen LogP contribution is -2.35. The van der Waals surface area contributed by atoms with Gasteiger partial charge in [-0.15, -0.1) is 0 Å². The van der Waals surface area contributed by atoms with Gasteiger partial charge in [0, 0.05) is 36.5 Å². The van der Waals surface area contributed by atoms with Crippen molar-refractivity contribution in [3.63, 3.8) is 0 Å². The van der Waals surface area contributed by atoms with Crippen LogP contribution in [-0.2, 0) is 17.8 Å². The maximum absolute atomic E-state index is 12.2. The fraction of sp³-hybridized carbons (Fsp3) is 0.286. The van der Waals surface area contributed by atoms with Gasteiger partial charge in [0.15, 0.2) is 6.10 Å². The van der Waals surface area contributed by atoms with Gasteiger partial charge in [0.25, 0.3) is 5.91 Å². The van der Waals surface area contributed by atoms with Gasteiger partial charge in [-0.05, 0) is 42.7 Å². The third kappa shape index (κ3) is 4.73. The zero-order valence-corrected chi connectivity index (χ0v) is 15.4. The van der Waals surface area contributed by atoms with E-state index in [4.69, 9.17) is 9.15 Å². The lowest BCUT2D eigenvalue weighted by Gasteiger charge is -2.15. The second kappa shape index (κ2) is 8.49. The first-order valence-electron chi connectivity index (χ1n) is 8.97. The van der Waals surface area contributed by atoms with Crippen molar-refractivity contribution in [3.8, 4) is 5.75 Å². The highest BCUT2D eigenvalue weighted by Gasteiger charge is 2.15. The first kappa shape index (κ1) is 18.6. The molecule has 6 nitrogen and oxygen atoms in total. The third-order valence-corrected chi connectivity index (χ3v) is 4.19. The molecule has 0 aliphatic carbocycles. The van der Waals surface area contributed by atoms with E-state index in [9.17, 15) is 9.59 Å². The summed E-state index contributed by atoms with van der Waals surface area (Å²) in [5.74, 6) is 0.239. The number of fused-ring (bicyclic) bond motifs is 1. The number of hydrogen-bond donors (Lipinski definition) is 1. The number of carbonyl (C=O) groups excluding carboxylic acids is 1. The van der Waals surface area contributed by atoms with E-state index in [1.807, 2.05) is 18.2 Å². The van der Waals surface area contributed by atoms with Crippen LogP contribution in [-0.4, -0.2) is 17.0 Å². The molecular formula is C21H22N2O4. The van der Waals surface area contributed by atoms with Gasteiger partial charge in [0.2, 0.25) is 0 Å². The number of benzene rings is 1. The van der Waals surface area contributed by atoms with Crippen molar-refractivity contribution in [3.05, 3.63) is 70.3 Å². The van der Waals surface area contributed by atoms with Crippen LogP contribution in [0.5, 0.6) is 5.75 Å². The number of carbonyl (C=O) groups is 1. The molecule has 0 radical (unpaired) electrons. The predicted octanol–water partition coefficient (Wildman–Crippen LogP) is 3.22. The SMILES string of the molecule is CCCc1cc(=O)oc2cc(O[C@@H](C)C(=O)NCc3cccnc3)ccc12. The molecule has 1 atom stereocenters. The number of amides is 1. The molecular weight excluding hydrogens is 344 g/mol.